The molecule has 1 aromatic carbocycles. The van der Waals surface area contributed by atoms with Gasteiger partial charge >= 0.3 is 0 Å². The van der Waals surface area contributed by atoms with Crippen molar-refractivity contribution >= 4 is 17.2 Å². The molecule has 1 rings (SSSR count). The van der Waals surface area contributed by atoms with Gasteiger partial charge in [-0.1, -0.05) is 30.4 Å². The fraction of sp³-hybridized carbons (Fsp3) is 0.300. The highest BCUT2D eigenvalue weighted by atomic mass is 32.1. The second-order valence-corrected chi connectivity index (χ2v) is 3.33. The molecule has 13 heavy (non-hydrogen) atoms. The van der Waals surface area contributed by atoms with Crippen LogP contribution in [0.4, 0.5) is 0 Å². The van der Waals surface area contributed by atoms with Crippen LogP contribution in [0.5, 0.6) is 5.75 Å². The van der Waals surface area contributed by atoms with E-state index in [1.54, 1.807) is 7.11 Å². The van der Waals surface area contributed by atoms with Crippen molar-refractivity contribution in [1.82, 2.24) is 5.32 Å². The minimum atomic E-state index is 0.722. The minimum Gasteiger partial charge on any atom is -0.496 e. The van der Waals surface area contributed by atoms with Gasteiger partial charge < -0.3 is 10.1 Å². The molecule has 0 unspecified atom stereocenters. The number of methoxy groups -OCH3 is 1. The smallest absolute Gasteiger partial charge is 0.123 e. The summed E-state index contributed by atoms with van der Waals surface area (Å²) in [6.45, 7) is 2.59. The molecular formula is C10H13NOS. The van der Waals surface area contributed by atoms with Crippen LogP contribution in [0.2, 0.25) is 0 Å². The van der Waals surface area contributed by atoms with Gasteiger partial charge in [0.25, 0.3) is 0 Å². The molecule has 0 bridgehead atoms. The van der Waals surface area contributed by atoms with Crippen molar-refractivity contribution in [3.63, 3.8) is 0 Å². The van der Waals surface area contributed by atoms with Gasteiger partial charge in [-0.05, 0) is 13.0 Å². The van der Waals surface area contributed by atoms with Gasteiger partial charge in [0.1, 0.15) is 5.75 Å². The molecule has 3 heteroatoms. The van der Waals surface area contributed by atoms with E-state index in [0.29, 0.717) is 0 Å². The Morgan fingerprint density at radius 3 is 2.77 bits per heavy atom. The van der Waals surface area contributed by atoms with Crippen molar-refractivity contribution in [3.8, 4) is 5.75 Å². The first kappa shape index (κ1) is 9.99. The molecule has 0 aliphatic carbocycles. The average Bonchev–Trinajstić information content (AvgIpc) is 2.15. The van der Waals surface area contributed by atoms with E-state index in [0.717, 1.165) is 22.8 Å². The quantitative estimate of drug-likeness (QED) is 0.747. The van der Waals surface area contributed by atoms with Crippen LogP contribution in [0.15, 0.2) is 24.3 Å². The van der Waals surface area contributed by atoms with Crippen LogP contribution in [-0.4, -0.2) is 12.1 Å². The van der Waals surface area contributed by atoms with Crippen molar-refractivity contribution in [2.75, 3.05) is 7.11 Å². The number of hydrogen-bond acceptors (Lipinski definition) is 2. The second kappa shape index (κ2) is 4.82. The van der Waals surface area contributed by atoms with E-state index in [2.05, 4.69) is 5.32 Å². The molecule has 0 aliphatic heterocycles. The summed E-state index contributed by atoms with van der Waals surface area (Å²) >= 11 is 4.92. The average molecular weight is 195 g/mol. The maximum absolute atomic E-state index is 5.19. The maximum atomic E-state index is 5.19. The third-order valence-corrected chi connectivity index (χ3v) is 1.86. The van der Waals surface area contributed by atoms with Gasteiger partial charge in [0, 0.05) is 12.1 Å². The standard InChI is InChI=1S/C10H13NOS/c1-8(13)11-7-9-5-3-4-6-10(9)12-2/h3-6H,7H2,1-2H3,(H,11,13). The molecule has 0 amide bonds. The molecule has 0 atom stereocenters. The summed E-state index contributed by atoms with van der Waals surface area (Å²) in [4.78, 5) is 0.797. The number of para-hydroxylation sites is 1. The van der Waals surface area contributed by atoms with E-state index >= 15 is 0 Å². The first-order chi connectivity index (χ1) is 6.24. The van der Waals surface area contributed by atoms with Crippen LogP contribution in [0.25, 0.3) is 0 Å². The zero-order valence-corrected chi connectivity index (χ0v) is 8.65. The van der Waals surface area contributed by atoms with Crippen LogP contribution in [0, 0.1) is 0 Å². The molecule has 1 aromatic rings. The molecule has 0 aliphatic rings. The van der Waals surface area contributed by atoms with Crippen molar-refractivity contribution in [1.29, 1.82) is 0 Å². The summed E-state index contributed by atoms with van der Waals surface area (Å²) in [7, 11) is 1.67. The lowest BCUT2D eigenvalue weighted by atomic mass is 10.2. The first-order valence-electron chi connectivity index (χ1n) is 4.10. The van der Waals surface area contributed by atoms with E-state index in [9.17, 15) is 0 Å². The SMILES string of the molecule is COc1ccccc1CNC(C)=S. The lowest BCUT2D eigenvalue weighted by Gasteiger charge is -2.08. The largest absolute Gasteiger partial charge is 0.496 e. The highest BCUT2D eigenvalue weighted by Crippen LogP contribution is 2.16. The molecule has 1 N–H and O–H groups in total. The predicted octanol–water partition coefficient (Wildman–Crippen LogP) is 2.13. The van der Waals surface area contributed by atoms with E-state index in [4.69, 9.17) is 17.0 Å². The number of benzene rings is 1. The zero-order valence-electron chi connectivity index (χ0n) is 7.83. The molecular weight excluding hydrogens is 182 g/mol. The summed E-state index contributed by atoms with van der Waals surface area (Å²) in [5.41, 5.74) is 1.12. The summed E-state index contributed by atoms with van der Waals surface area (Å²) in [5.74, 6) is 0.895. The van der Waals surface area contributed by atoms with Gasteiger partial charge in [0.15, 0.2) is 0 Å². The Hall–Kier alpha value is -1.09. The lowest BCUT2D eigenvalue weighted by molar-refractivity contribution is 0.409. The second-order valence-electron chi connectivity index (χ2n) is 2.72. The van der Waals surface area contributed by atoms with Crippen LogP contribution < -0.4 is 10.1 Å². The normalized spacial score (nSPS) is 9.38. The topological polar surface area (TPSA) is 21.3 Å². The number of ether oxygens (including phenoxy) is 1. The Bertz CT molecular complexity index is 299. The Labute approximate surface area is 83.9 Å². The third kappa shape index (κ3) is 3.03. The number of thiocarbonyl (C=S) groups is 1. The van der Waals surface area contributed by atoms with Crippen LogP contribution in [0.1, 0.15) is 12.5 Å². The van der Waals surface area contributed by atoms with E-state index in [-0.39, 0.29) is 0 Å². The fourth-order valence-corrected chi connectivity index (χ4v) is 1.14. The third-order valence-electron chi connectivity index (χ3n) is 1.72. The fourth-order valence-electron chi connectivity index (χ4n) is 1.07. The van der Waals surface area contributed by atoms with E-state index in [1.807, 2.05) is 31.2 Å². The van der Waals surface area contributed by atoms with Crippen molar-refractivity contribution in [2.45, 2.75) is 13.5 Å². The highest BCUT2D eigenvalue weighted by Gasteiger charge is 1.99. The molecule has 0 heterocycles. The Balaban J connectivity index is 2.69. The molecule has 2 nitrogen and oxygen atoms in total. The van der Waals surface area contributed by atoms with Gasteiger partial charge in [0.05, 0.1) is 12.1 Å². The van der Waals surface area contributed by atoms with Crippen molar-refractivity contribution in [2.24, 2.45) is 0 Å². The van der Waals surface area contributed by atoms with Gasteiger partial charge in [-0.25, -0.2) is 0 Å². The molecule has 70 valence electrons. The van der Waals surface area contributed by atoms with E-state index in [1.165, 1.54) is 0 Å². The van der Waals surface area contributed by atoms with Crippen LogP contribution in [-0.2, 0) is 6.54 Å². The summed E-state index contributed by atoms with van der Waals surface area (Å²) in [6.07, 6.45) is 0. The zero-order chi connectivity index (χ0) is 9.68. The minimum absolute atomic E-state index is 0.722. The molecule has 0 saturated carbocycles. The van der Waals surface area contributed by atoms with Gasteiger partial charge in [0.2, 0.25) is 0 Å². The number of nitrogens with one attached hydrogen (secondary N) is 1. The van der Waals surface area contributed by atoms with Gasteiger partial charge in [-0.15, -0.1) is 0 Å². The van der Waals surface area contributed by atoms with Crippen molar-refractivity contribution < 1.29 is 4.74 Å². The van der Waals surface area contributed by atoms with Gasteiger partial charge in [-0.3, -0.25) is 0 Å². The first-order valence-corrected chi connectivity index (χ1v) is 4.51. The number of hydrogen-bond donors (Lipinski definition) is 1. The molecule has 0 spiro atoms. The number of rotatable bonds is 3. The van der Waals surface area contributed by atoms with Crippen molar-refractivity contribution in [3.05, 3.63) is 29.8 Å². The maximum Gasteiger partial charge on any atom is 0.123 e. The Morgan fingerprint density at radius 1 is 1.46 bits per heavy atom. The van der Waals surface area contributed by atoms with E-state index < -0.39 is 0 Å². The molecule has 0 aromatic heterocycles. The summed E-state index contributed by atoms with van der Waals surface area (Å²) in [5, 5.41) is 3.09. The predicted molar refractivity (Wildman–Crippen MR) is 58.1 cm³/mol. The molecule has 0 fully saturated rings. The summed E-state index contributed by atoms with van der Waals surface area (Å²) < 4.78 is 5.19. The Morgan fingerprint density at radius 2 is 2.15 bits per heavy atom. The molecule has 0 saturated heterocycles. The highest BCUT2D eigenvalue weighted by molar-refractivity contribution is 7.80. The monoisotopic (exact) mass is 195 g/mol. The van der Waals surface area contributed by atoms with Crippen LogP contribution >= 0.6 is 12.2 Å². The van der Waals surface area contributed by atoms with Gasteiger partial charge in [-0.2, -0.15) is 0 Å². The van der Waals surface area contributed by atoms with Crippen LogP contribution in [0.3, 0.4) is 0 Å². The Kier molecular flexibility index (Phi) is 3.71. The molecule has 0 radical (unpaired) electrons. The lowest BCUT2D eigenvalue weighted by Crippen LogP contribution is -2.17. The summed E-state index contributed by atoms with van der Waals surface area (Å²) in [6, 6.07) is 7.89.